The number of hydrogen-bond acceptors (Lipinski definition) is 6. The Labute approximate surface area is 204 Å². The van der Waals surface area contributed by atoms with Crippen molar-refractivity contribution in [3.8, 4) is 11.5 Å². The average Bonchev–Trinajstić information content (AvgIpc) is 3.09. The fourth-order valence-electron chi connectivity index (χ4n) is 4.33. The van der Waals surface area contributed by atoms with Crippen LogP contribution in [0, 0.1) is 0 Å². The molecule has 1 aliphatic rings. The number of ether oxygens (including phenoxy) is 2. The summed E-state index contributed by atoms with van der Waals surface area (Å²) in [7, 11) is 3.29. The van der Waals surface area contributed by atoms with E-state index in [1.54, 1.807) is 18.2 Å². The van der Waals surface area contributed by atoms with E-state index in [1.807, 2.05) is 18.2 Å². The van der Waals surface area contributed by atoms with Crippen LogP contribution in [0.15, 0.2) is 46.0 Å². The second-order valence-electron chi connectivity index (χ2n) is 9.78. The summed E-state index contributed by atoms with van der Waals surface area (Å²) in [5.74, 6) is 1.48. The highest BCUT2D eigenvalue weighted by atomic mass is 32.1. The molecule has 1 aliphatic heterocycles. The van der Waals surface area contributed by atoms with E-state index in [4.69, 9.17) is 9.47 Å². The van der Waals surface area contributed by atoms with Gasteiger partial charge in [-0.05, 0) is 46.2 Å². The van der Waals surface area contributed by atoms with E-state index >= 15 is 0 Å². The van der Waals surface area contributed by atoms with Crippen molar-refractivity contribution in [3.05, 3.63) is 78.8 Å². The Kier molecular flexibility index (Phi) is 7.00. The molecule has 182 valence electrons. The van der Waals surface area contributed by atoms with Crippen molar-refractivity contribution in [1.29, 1.82) is 0 Å². The average molecular weight is 484 g/mol. The van der Waals surface area contributed by atoms with E-state index in [0.29, 0.717) is 19.6 Å². The van der Waals surface area contributed by atoms with E-state index in [9.17, 15) is 9.59 Å². The molecule has 2 aromatic carbocycles. The molecule has 0 amide bonds. The summed E-state index contributed by atoms with van der Waals surface area (Å²) < 4.78 is 13.8. The van der Waals surface area contributed by atoms with Crippen LogP contribution in [0.2, 0.25) is 0 Å². The first kappa shape index (κ1) is 24.3. The first-order valence-electron chi connectivity index (χ1n) is 11.6. The van der Waals surface area contributed by atoms with E-state index < -0.39 is 0 Å². The maximum absolute atomic E-state index is 12.9. The van der Waals surface area contributed by atoms with Crippen LogP contribution in [0.1, 0.15) is 43.0 Å². The lowest BCUT2D eigenvalue weighted by Gasteiger charge is -2.29. The minimum atomic E-state index is -0.237. The number of aromatic nitrogens is 2. The van der Waals surface area contributed by atoms with Gasteiger partial charge in [0.2, 0.25) is 0 Å². The summed E-state index contributed by atoms with van der Waals surface area (Å²) in [6.07, 6.45) is 0.909. The monoisotopic (exact) mass is 483 g/mol. The number of benzene rings is 2. The quantitative estimate of drug-likeness (QED) is 0.515. The Bertz CT molecular complexity index is 1270. The molecule has 7 nitrogen and oxygen atoms in total. The molecule has 0 N–H and O–H groups in total. The fourth-order valence-corrected chi connectivity index (χ4v) is 5.11. The van der Waals surface area contributed by atoms with E-state index in [-0.39, 0.29) is 16.0 Å². The Hall–Kier alpha value is -2.84. The molecule has 8 heteroatoms. The molecule has 3 aromatic rings. The topological polar surface area (TPSA) is 65.7 Å². The zero-order chi connectivity index (χ0) is 24.5. The van der Waals surface area contributed by atoms with E-state index in [0.717, 1.165) is 48.1 Å². The Morgan fingerprint density at radius 2 is 1.59 bits per heavy atom. The van der Waals surface area contributed by atoms with E-state index in [1.165, 1.54) is 21.3 Å². The fraction of sp³-hybridized carbons (Fsp3) is 0.462. The van der Waals surface area contributed by atoms with Crippen LogP contribution in [0.3, 0.4) is 0 Å². The molecule has 0 spiro atoms. The molecule has 4 rings (SSSR count). The van der Waals surface area contributed by atoms with Crippen LogP contribution in [0.25, 0.3) is 0 Å². The van der Waals surface area contributed by atoms with Crippen LogP contribution in [0.5, 0.6) is 11.5 Å². The van der Waals surface area contributed by atoms with Gasteiger partial charge in [-0.15, -0.1) is 0 Å². The Balaban J connectivity index is 1.43. The van der Waals surface area contributed by atoms with Gasteiger partial charge in [0.25, 0.3) is 0 Å². The van der Waals surface area contributed by atoms with Crippen LogP contribution in [-0.2, 0) is 31.5 Å². The van der Waals surface area contributed by atoms with Crippen molar-refractivity contribution in [3.63, 3.8) is 0 Å². The predicted octanol–water partition coefficient (Wildman–Crippen LogP) is 3.49. The SMILES string of the molecule is COc1cc2c(cc1OC)CN(CCn1sc(=O)n(Cc3ccc(C(C)(C)C)cc3)c1=O)CC2. The molecular formula is C26H33N3O4S. The minimum absolute atomic E-state index is 0.0661. The summed E-state index contributed by atoms with van der Waals surface area (Å²) in [4.78, 5) is 27.6. The number of rotatable bonds is 7. The van der Waals surface area contributed by atoms with Gasteiger partial charge in [0.05, 0.1) is 27.3 Å². The summed E-state index contributed by atoms with van der Waals surface area (Å²) in [6.45, 7) is 9.66. The second kappa shape index (κ2) is 9.80. The third kappa shape index (κ3) is 5.13. The molecule has 0 saturated heterocycles. The molecule has 0 unspecified atom stereocenters. The van der Waals surface area contributed by atoms with Gasteiger partial charge in [-0.3, -0.25) is 9.69 Å². The highest BCUT2D eigenvalue weighted by molar-refractivity contribution is 7.03. The number of fused-ring (bicyclic) bond motifs is 1. The predicted molar refractivity (Wildman–Crippen MR) is 136 cm³/mol. The molecular weight excluding hydrogens is 450 g/mol. The Morgan fingerprint density at radius 1 is 0.941 bits per heavy atom. The third-order valence-electron chi connectivity index (χ3n) is 6.43. The maximum atomic E-state index is 12.9. The van der Waals surface area contributed by atoms with Crippen LogP contribution in [-0.4, -0.2) is 40.7 Å². The molecule has 0 aliphatic carbocycles. The van der Waals surface area contributed by atoms with Crippen LogP contribution < -0.4 is 20.0 Å². The lowest BCUT2D eigenvalue weighted by atomic mass is 9.87. The van der Waals surface area contributed by atoms with Gasteiger partial charge in [-0.25, -0.2) is 13.3 Å². The van der Waals surface area contributed by atoms with Gasteiger partial charge in [0, 0.05) is 31.2 Å². The summed E-state index contributed by atoms with van der Waals surface area (Å²) in [5, 5.41) is 0. The van der Waals surface area contributed by atoms with Crippen molar-refractivity contribution >= 4 is 11.5 Å². The molecule has 0 bridgehead atoms. The highest BCUT2D eigenvalue weighted by Gasteiger charge is 2.20. The second-order valence-corrected chi connectivity index (χ2v) is 10.7. The molecule has 0 atom stereocenters. The van der Waals surface area contributed by atoms with Crippen molar-refractivity contribution in [1.82, 2.24) is 13.4 Å². The largest absolute Gasteiger partial charge is 0.493 e. The van der Waals surface area contributed by atoms with Gasteiger partial charge in [-0.2, -0.15) is 0 Å². The number of methoxy groups -OCH3 is 2. The summed E-state index contributed by atoms with van der Waals surface area (Å²) in [6, 6.07) is 12.2. The molecule has 0 saturated carbocycles. The highest BCUT2D eigenvalue weighted by Crippen LogP contribution is 2.33. The van der Waals surface area contributed by atoms with Crippen LogP contribution in [0.4, 0.5) is 0 Å². The Morgan fingerprint density at radius 3 is 2.21 bits per heavy atom. The summed E-state index contributed by atoms with van der Waals surface area (Å²) >= 11 is 1.00. The van der Waals surface area contributed by atoms with E-state index in [2.05, 4.69) is 43.9 Å². The van der Waals surface area contributed by atoms with Gasteiger partial charge in [0.1, 0.15) is 0 Å². The van der Waals surface area contributed by atoms with Crippen LogP contribution >= 0.6 is 11.5 Å². The molecule has 0 radical (unpaired) electrons. The zero-order valence-electron chi connectivity index (χ0n) is 20.6. The maximum Gasteiger partial charge on any atom is 0.341 e. The van der Waals surface area contributed by atoms with Crippen molar-refractivity contribution in [2.75, 3.05) is 27.3 Å². The number of nitrogens with zero attached hydrogens (tertiary/aromatic N) is 3. The van der Waals surface area contributed by atoms with Gasteiger partial charge in [-0.1, -0.05) is 45.0 Å². The molecule has 34 heavy (non-hydrogen) atoms. The van der Waals surface area contributed by atoms with Crippen molar-refractivity contribution in [2.45, 2.75) is 52.2 Å². The van der Waals surface area contributed by atoms with Crippen molar-refractivity contribution in [2.24, 2.45) is 0 Å². The van der Waals surface area contributed by atoms with Gasteiger partial charge in [0.15, 0.2) is 11.5 Å². The zero-order valence-corrected chi connectivity index (χ0v) is 21.4. The standard InChI is InChI=1S/C26H33N3O4S/c1-26(2,3)21-8-6-18(7-9-21)16-28-24(30)29(34-25(28)31)13-12-27-11-10-19-14-22(32-4)23(33-5)15-20(19)17-27/h6-9,14-15H,10-13,16-17H2,1-5H3. The van der Waals surface area contributed by atoms with Crippen molar-refractivity contribution < 1.29 is 9.47 Å². The number of hydrogen-bond donors (Lipinski definition) is 0. The lowest BCUT2D eigenvalue weighted by molar-refractivity contribution is 0.244. The molecule has 1 aromatic heterocycles. The molecule has 0 fully saturated rings. The normalized spacial score (nSPS) is 14.1. The first-order valence-corrected chi connectivity index (χ1v) is 12.3. The lowest BCUT2D eigenvalue weighted by Crippen LogP contribution is -2.35. The smallest absolute Gasteiger partial charge is 0.341 e. The molecule has 2 heterocycles. The summed E-state index contributed by atoms with van der Waals surface area (Å²) in [5.41, 5.74) is 4.48. The minimum Gasteiger partial charge on any atom is -0.493 e. The van der Waals surface area contributed by atoms with Gasteiger partial charge >= 0.3 is 10.6 Å². The third-order valence-corrected chi connectivity index (χ3v) is 7.37. The van der Waals surface area contributed by atoms with Gasteiger partial charge < -0.3 is 9.47 Å². The first-order chi connectivity index (χ1) is 16.2.